The predicted molar refractivity (Wildman–Crippen MR) is 133 cm³/mol. The van der Waals surface area contributed by atoms with Crippen LogP contribution in [0.3, 0.4) is 0 Å². The van der Waals surface area contributed by atoms with E-state index in [-0.39, 0.29) is 44.5 Å². The lowest BCUT2D eigenvalue weighted by atomic mass is 9.96. The molecule has 0 radical (unpaired) electrons. The van der Waals surface area contributed by atoms with E-state index in [1.165, 1.54) is 4.90 Å². The number of hydrogen-bond donors (Lipinski definition) is 3. The van der Waals surface area contributed by atoms with Crippen LogP contribution in [0.1, 0.15) is 18.9 Å². The van der Waals surface area contributed by atoms with E-state index in [4.69, 9.17) is 16.3 Å². The average molecular weight is 562 g/mol. The zero-order valence-electron chi connectivity index (χ0n) is 21.3. The van der Waals surface area contributed by atoms with Gasteiger partial charge in [-0.2, -0.15) is 13.2 Å². The molecule has 210 valence electrons. The number of hydrazine groups is 1. The van der Waals surface area contributed by atoms with Gasteiger partial charge < -0.3 is 24.8 Å². The number of rotatable bonds is 7. The average Bonchev–Trinajstić information content (AvgIpc) is 2.85. The lowest BCUT2D eigenvalue weighted by Gasteiger charge is -2.46. The molecular weight excluding hydrogens is 531 g/mol. The Labute approximate surface area is 222 Å². The van der Waals surface area contributed by atoms with E-state index in [9.17, 15) is 27.6 Å². The van der Waals surface area contributed by atoms with E-state index >= 15 is 0 Å². The third kappa shape index (κ3) is 5.67. The molecule has 3 aliphatic heterocycles. The minimum atomic E-state index is -4.68. The molecule has 3 amide bonds. The predicted octanol–water partition coefficient (Wildman–Crippen LogP) is 0.603. The molecule has 1 aromatic rings. The van der Waals surface area contributed by atoms with E-state index in [1.807, 2.05) is 17.2 Å². The molecule has 0 spiro atoms. The number of ether oxygens (including phenoxy) is 1. The normalized spacial score (nSPS) is 24.6. The quantitative estimate of drug-likeness (QED) is 0.414. The van der Waals surface area contributed by atoms with Crippen molar-refractivity contribution in [3.8, 4) is 0 Å². The molecule has 0 bridgehead atoms. The summed E-state index contributed by atoms with van der Waals surface area (Å²) in [6, 6.07) is -2.20. The molecule has 0 aromatic carbocycles. The van der Waals surface area contributed by atoms with Crippen LogP contribution in [0.25, 0.3) is 0 Å². The van der Waals surface area contributed by atoms with Crippen LogP contribution in [0.4, 0.5) is 24.7 Å². The fraction of sp³-hybridized carbons (Fsp3) is 0.652. The van der Waals surface area contributed by atoms with Crippen molar-refractivity contribution in [1.82, 2.24) is 26.1 Å². The largest absolute Gasteiger partial charge is 0.402 e. The summed E-state index contributed by atoms with van der Waals surface area (Å²) in [5, 5.41) is 3.26. The molecule has 4 rings (SSSR count). The summed E-state index contributed by atoms with van der Waals surface area (Å²) in [4.78, 5) is 47.1. The minimum Gasteiger partial charge on any atom is -0.379 e. The van der Waals surface area contributed by atoms with Crippen molar-refractivity contribution in [3.05, 3.63) is 16.8 Å². The van der Waals surface area contributed by atoms with Crippen molar-refractivity contribution in [3.63, 3.8) is 0 Å². The van der Waals surface area contributed by atoms with Crippen LogP contribution in [0.15, 0.2) is 6.20 Å². The van der Waals surface area contributed by atoms with Gasteiger partial charge in [-0.25, -0.2) is 10.4 Å². The number of aromatic nitrogens is 1. The highest BCUT2D eigenvalue weighted by atomic mass is 35.5. The topological polar surface area (TPSA) is 119 Å². The number of likely N-dealkylation sites (N-methyl/N-ethyl adjacent to an activating group) is 1. The molecule has 2 unspecified atom stereocenters. The molecule has 11 nitrogen and oxygen atoms in total. The highest BCUT2D eigenvalue weighted by Gasteiger charge is 2.51. The molecule has 3 aliphatic rings. The van der Waals surface area contributed by atoms with Gasteiger partial charge in [0.05, 0.1) is 36.9 Å². The summed E-state index contributed by atoms with van der Waals surface area (Å²) in [7, 11) is 1.67. The summed E-state index contributed by atoms with van der Waals surface area (Å²) in [6.45, 7) is 4.56. The second kappa shape index (κ2) is 11.2. The first-order valence-electron chi connectivity index (χ1n) is 12.3. The Balaban J connectivity index is 1.26. The Morgan fingerprint density at radius 2 is 2.08 bits per heavy atom. The van der Waals surface area contributed by atoms with Gasteiger partial charge in [0.15, 0.2) is 11.7 Å². The second-order valence-corrected chi connectivity index (χ2v) is 10.1. The number of nitrogens with zero attached hydrogens (tertiary/aromatic N) is 4. The van der Waals surface area contributed by atoms with E-state index in [2.05, 4.69) is 15.7 Å². The van der Waals surface area contributed by atoms with Gasteiger partial charge in [0.25, 0.3) is 5.91 Å². The van der Waals surface area contributed by atoms with Gasteiger partial charge in [0.2, 0.25) is 11.8 Å². The zero-order chi connectivity index (χ0) is 27.8. The van der Waals surface area contributed by atoms with Crippen LogP contribution >= 0.6 is 11.6 Å². The number of alkyl halides is 3. The molecule has 4 heterocycles. The van der Waals surface area contributed by atoms with Crippen molar-refractivity contribution in [2.45, 2.75) is 44.6 Å². The second-order valence-electron chi connectivity index (χ2n) is 9.74. The standard InChI is InChI=1S/C23H31ClF3N7O4/c1-12(30-15-9-29-31-21(36)18(15)23(25,26)27)11-38-7-4-17(35)33-5-6-34-16(10-33)22(37)32(3)19-13(2)14(24)8-28-20(19)34/h8,12,15-16,18,29-30H,4-7,9-11H2,1-3H3,(H,31,36)/t12-,15?,16-,18?/m0/s1. The van der Waals surface area contributed by atoms with Crippen molar-refractivity contribution >= 4 is 40.8 Å². The number of halogens is 4. The maximum atomic E-state index is 13.3. The molecule has 2 fully saturated rings. The number of nitrogens with one attached hydrogen (secondary N) is 3. The molecule has 0 aliphatic carbocycles. The van der Waals surface area contributed by atoms with Gasteiger partial charge in [0.1, 0.15) is 6.04 Å². The molecule has 2 saturated heterocycles. The van der Waals surface area contributed by atoms with Crippen LogP contribution < -0.4 is 26.0 Å². The Morgan fingerprint density at radius 1 is 1.34 bits per heavy atom. The number of piperazine rings is 1. The van der Waals surface area contributed by atoms with Crippen LogP contribution in [-0.4, -0.2) is 98.3 Å². The summed E-state index contributed by atoms with van der Waals surface area (Å²) >= 11 is 6.21. The maximum absolute atomic E-state index is 13.3. The van der Waals surface area contributed by atoms with Gasteiger partial charge >= 0.3 is 6.18 Å². The number of fused-ring (bicyclic) bond motifs is 3. The van der Waals surface area contributed by atoms with Crippen LogP contribution in [0.5, 0.6) is 0 Å². The third-order valence-electron chi connectivity index (χ3n) is 7.08. The number of anilines is 2. The zero-order valence-corrected chi connectivity index (χ0v) is 22.0. The fourth-order valence-electron chi connectivity index (χ4n) is 5.13. The molecule has 4 atom stereocenters. The lowest BCUT2D eigenvalue weighted by Crippen LogP contribution is -2.65. The van der Waals surface area contributed by atoms with Crippen molar-refractivity contribution < 1.29 is 32.3 Å². The number of hydrogen-bond acceptors (Lipinski definition) is 8. The Kier molecular flexibility index (Phi) is 8.35. The summed E-state index contributed by atoms with van der Waals surface area (Å²) in [6.07, 6.45) is -3.06. The van der Waals surface area contributed by atoms with Crippen molar-refractivity contribution in [2.24, 2.45) is 5.92 Å². The van der Waals surface area contributed by atoms with Crippen molar-refractivity contribution in [2.75, 3.05) is 56.2 Å². The van der Waals surface area contributed by atoms with Crippen LogP contribution in [0.2, 0.25) is 5.02 Å². The summed E-state index contributed by atoms with van der Waals surface area (Å²) < 4.78 is 45.4. The van der Waals surface area contributed by atoms with Crippen LogP contribution in [0, 0.1) is 12.8 Å². The minimum absolute atomic E-state index is 0.0556. The monoisotopic (exact) mass is 561 g/mol. The number of carbonyl (C=O) groups excluding carboxylic acids is 3. The third-order valence-corrected chi connectivity index (χ3v) is 7.46. The molecule has 1 aromatic heterocycles. The fourth-order valence-corrected chi connectivity index (χ4v) is 5.26. The molecule has 38 heavy (non-hydrogen) atoms. The number of pyridine rings is 1. The van der Waals surface area contributed by atoms with Crippen LogP contribution in [-0.2, 0) is 19.1 Å². The van der Waals surface area contributed by atoms with E-state index in [0.717, 1.165) is 5.56 Å². The van der Waals surface area contributed by atoms with Crippen molar-refractivity contribution in [1.29, 1.82) is 0 Å². The SMILES string of the molecule is Cc1c(Cl)cnc2c1N(C)C(=O)[C@@H]1CN(C(=O)CCOC[C@H](C)NC3CNNC(=O)C3C(F)(F)F)CCN21. The first-order chi connectivity index (χ1) is 17.9. The highest BCUT2D eigenvalue weighted by molar-refractivity contribution is 6.32. The molecular formula is C23H31ClF3N7O4. The Bertz CT molecular complexity index is 1090. The smallest absolute Gasteiger partial charge is 0.379 e. The van der Waals surface area contributed by atoms with E-state index in [0.29, 0.717) is 29.6 Å². The van der Waals surface area contributed by atoms with E-state index < -0.39 is 36.1 Å². The number of carbonyl (C=O) groups is 3. The Hall–Kier alpha value is -2.68. The first kappa shape index (κ1) is 28.3. The van der Waals surface area contributed by atoms with Gasteiger partial charge in [-0.3, -0.25) is 19.8 Å². The molecule has 3 N–H and O–H groups in total. The maximum Gasteiger partial charge on any atom is 0.402 e. The lowest BCUT2D eigenvalue weighted by molar-refractivity contribution is -0.193. The van der Waals surface area contributed by atoms with Gasteiger partial charge in [-0.1, -0.05) is 11.6 Å². The molecule has 15 heteroatoms. The summed E-state index contributed by atoms with van der Waals surface area (Å²) in [5.74, 6) is -2.98. The highest BCUT2D eigenvalue weighted by Crippen LogP contribution is 2.39. The Morgan fingerprint density at radius 3 is 2.79 bits per heavy atom. The van der Waals surface area contributed by atoms with Gasteiger partial charge in [-0.15, -0.1) is 0 Å². The van der Waals surface area contributed by atoms with E-state index in [1.54, 1.807) is 25.1 Å². The number of amides is 3. The van der Waals surface area contributed by atoms with Gasteiger partial charge in [0, 0.05) is 45.0 Å². The molecule has 0 saturated carbocycles. The summed E-state index contributed by atoms with van der Waals surface area (Å²) in [5.41, 5.74) is 5.90. The van der Waals surface area contributed by atoms with Gasteiger partial charge in [-0.05, 0) is 19.4 Å². The first-order valence-corrected chi connectivity index (χ1v) is 12.7.